The highest BCUT2D eigenvalue weighted by Crippen LogP contribution is 2.43. The van der Waals surface area contributed by atoms with Crippen molar-refractivity contribution >= 4 is 16.0 Å². The van der Waals surface area contributed by atoms with E-state index in [1.165, 1.54) is 18.6 Å². The van der Waals surface area contributed by atoms with Gasteiger partial charge in [0.25, 0.3) is 0 Å². The number of hydrogen-bond acceptors (Lipinski definition) is 3. The maximum absolute atomic E-state index is 12.2. The molecule has 0 amide bonds. The molecule has 6 heteroatoms. The van der Waals surface area contributed by atoms with Gasteiger partial charge in [-0.2, -0.15) is 0 Å². The molecule has 0 aromatic heterocycles. The first-order chi connectivity index (χ1) is 9.87. The summed E-state index contributed by atoms with van der Waals surface area (Å²) < 4.78 is 27.2. The van der Waals surface area contributed by atoms with E-state index < -0.39 is 16.0 Å². The molecule has 5 nitrogen and oxygen atoms in total. The molecule has 0 saturated heterocycles. The minimum atomic E-state index is -3.52. The molecule has 0 spiro atoms. The molecule has 1 aliphatic rings. The molecule has 1 fully saturated rings. The Kier molecular flexibility index (Phi) is 4.68. The van der Waals surface area contributed by atoms with Gasteiger partial charge in [-0.15, -0.1) is 0 Å². The van der Waals surface area contributed by atoms with Crippen LogP contribution in [0.15, 0.2) is 29.2 Å². The van der Waals surface area contributed by atoms with Gasteiger partial charge in [0.05, 0.1) is 11.3 Å². The van der Waals surface area contributed by atoms with Gasteiger partial charge < -0.3 is 5.11 Å². The summed E-state index contributed by atoms with van der Waals surface area (Å²) in [6, 6.07) is 6.00. The molecule has 116 valence electrons. The molecule has 1 aromatic rings. The monoisotopic (exact) mass is 311 g/mol. The van der Waals surface area contributed by atoms with E-state index in [-0.39, 0.29) is 16.7 Å². The SMILES string of the molecule is CCC1(CNS(=O)(=O)c2ccc(CC(=O)O)cc2)CCC1. The van der Waals surface area contributed by atoms with Gasteiger partial charge in [-0.05, 0) is 42.4 Å². The molecule has 1 aliphatic carbocycles. The molecule has 0 unspecified atom stereocenters. The number of carbonyl (C=O) groups is 1. The van der Waals surface area contributed by atoms with E-state index in [0.29, 0.717) is 12.1 Å². The Bertz CT molecular complexity index is 598. The third-order valence-corrected chi connectivity index (χ3v) is 5.81. The van der Waals surface area contributed by atoms with Gasteiger partial charge >= 0.3 is 5.97 Å². The zero-order valence-electron chi connectivity index (χ0n) is 12.1. The fraction of sp³-hybridized carbons (Fsp3) is 0.533. The number of carboxylic acids is 1. The van der Waals surface area contributed by atoms with E-state index in [1.54, 1.807) is 12.1 Å². The lowest BCUT2D eigenvalue weighted by Crippen LogP contribution is -2.41. The van der Waals surface area contributed by atoms with Gasteiger partial charge in [0, 0.05) is 6.54 Å². The van der Waals surface area contributed by atoms with Gasteiger partial charge in [-0.1, -0.05) is 25.5 Å². The molecular weight excluding hydrogens is 290 g/mol. The summed E-state index contributed by atoms with van der Waals surface area (Å²) in [6.45, 7) is 2.57. The van der Waals surface area contributed by atoms with Crippen molar-refractivity contribution in [2.24, 2.45) is 5.41 Å². The molecule has 0 heterocycles. The molecule has 21 heavy (non-hydrogen) atoms. The van der Waals surface area contributed by atoms with Crippen molar-refractivity contribution in [1.82, 2.24) is 4.72 Å². The minimum absolute atomic E-state index is 0.104. The van der Waals surface area contributed by atoms with Crippen molar-refractivity contribution in [3.63, 3.8) is 0 Å². The Hall–Kier alpha value is -1.40. The van der Waals surface area contributed by atoms with Crippen LogP contribution in [0.3, 0.4) is 0 Å². The Labute approximate surface area is 125 Å². The Morgan fingerprint density at radius 1 is 1.29 bits per heavy atom. The van der Waals surface area contributed by atoms with Crippen molar-refractivity contribution < 1.29 is 18.3 Å². The highest BCUT2D eigenvalue weighted by molar-refractivity contribution is 7.89. The number of aliphatic carboxylic acids is 1. The maximum atomic E-state index is 12.2. The van der Waals surface area contributed by atoms with Gasteiger partial charge in [0.15, 0.2) is 0 Å². The van der Waals surface area contributed by atoms with Crippen LogP contribution in [-0.2, 0) is 21.2 Å². The average molecular weight is 311 g/mol. The Morgan fingerprint density at radius 3 is 2.33 bits per heavy atom. The summed E-state index contributed by atoms with van der Waals surface area (Å²) >= 11 is 0. The maximum Gasteiger partial charge on any atom is 0.307 e. The van der Waals surface area contributed by atoms with Crippen molar-refractivity contribution in [2.45, 2.75) is 43.9 Å². The molecule has 0 radical (unpaired) electrons. The fourth-order valence-electron chi connectivity index (χ4n) is 2.62. The lowest BCUT2D eigenvalue weighted by molar-refractivity contribution is -0.136. The smallest absolute Gasteiger partial charge is 0.307 e. The third-order valence-electron chi connectivity index (χ3n) is 4.39. The highest BCUT2D eigenvalue weighted by atomic mass is 32.2. The van der Waals surface area contributed by atoms with E-state index in [4.69, 9.17) is 5.11 Å². The van der Waals surface area contributed by atoms with Crippen LogP contribution >= 0.6 is 0 Å². The fourth-order valence-corrected chi connectivity index (χ4v) is 3.78. The zero-order valence-corrected chi connectivity index (χ0v) is 12.9. The molecule has 1 aromatic carbocycles. The number of hydrogen-bond donors (Lipinski definition) is 2. The summed E-state index contributed by atoms with van der Waals surface area (Å²) in [4.78, 5) is 10.8. The second-order valence-corrected chi connectivity index (χ2v) is 7.51. The van der Waals surface area contributed by atoms with Crippen molar-refractivity contribution in [3.8, 4) is 0 Å². The summed E-state index contributed by atoms with van der Waals surface area (Å²) in [6.07, 6.45) is 4.19. The predicted molar refractivity (Wildman–Crippen MR) is 79.5 cm³/mol. The van der Waals surface area contributed by atoms with Crippen LogP contribution in [0.4, 0.5) is 0 Å². The summed E-state index contributed by atoms with van der Waals surface area (Å²) in [5, 5.41) is 8.70. The lowest BCUT2D eigenvalue weighted by atomic mass is 9.67. The molecule has 0 atom stereocenters. The number of benzene rings is 1. The zero-order chi connectivity index (χ0) is 15.5. The quantitative estimate of drug-likeness (QED) is 0.808. The van der Waals surface area contributed by atoms with Crippen LogP contribution < -0.4 is 4.72 Å². The molecule has 2 rings (SSSR count). The summed E-state index contributed by atoms with van der Waals surface area (Å²) in [7, 11) is -3.52. The first-order valence-electron chi connectivity index (χ1n) is 7.17. The van der Waals surface area contributed by atoms with Crippen LogP contribution in [0.5, 0.6) is 0 Å². The van der Waals surface area contributed by atoms with Gasteiger partial charge in [-0.3, -0.25) is 4.79 Å². The lowest BCUT2D eigenvalue weighted by Gasteiger charge is -2.41. The number of carboxylic acid groups (broad SMARTS) is 1. The normalized spacial score (nSPS) is 17.2. The largest absolute Gasteiger partial charge is 0.481 e. The van der Waals surface area contributed by atoms with E-state index in [9.17, 15) is 13.2 Å². The van der Waals surface area contributed by atoms with E-state index in [0.717, 1.165) is 19.3 Å². The topological polar surface area (TPSA) is 83.5 Å². The second-order valence-electron chi connectivity index (χ2n) is 5.75. The Morgan fingerprint density at radius 2 is 1.90 bits per heavy atom. The van der Waals surface area contributed by atoms with Crippen molar-refractivity contribution in [1.29, 1.82) is 0 Å². The number of sulfonamides is 1. The van der Waals surface area contributed by atoms with Crippen LogP contribution in [0.25, 0.3) is 0 Å². The highest BCUT2D eigenvalue weighted by Gasteiger charge is 2.36. The molecule has 1 saturated carbocycles. The van der Waals surface area contributed by atoms with E-state index >= 15 is 0 Å². The van der Waals surface area contributed by atoms with E-state index in [2.05, 4.69) is 11.6 Å². The van der Waals surface area contributed by atoms with Crippen LogP contribution in [0, 0.1) is 5.41 Å². The molecular formula is C15H21NO4S. The third kappa shape index (κ3) is 3.83. The van der Waals surface area contributed by atoms with Gasteiger partial charge in [0.1, 0.15) is 0 Å². The first kappa shape index (κ1) is 16.0. The van der Waals surface area contributed by atoms with Crippen LogP contribution in [0.2, 0.25) is 0 Å². The number of rotatable bonds is 7. The molecule has 0 aliphatic heterocycles. The van der Waals surface area contributed by atoms with Crippen molar-refractivity contribution in [2.75, 3.05) is 6.54 Å². The van der Waals surface area contributed by atoms with Gasteiger partial charge in [-0.25, -0.2) is 13.1 Å². The predicted octanol–water partition coefficient (Wildman–Crippen LogP) is 2.17. The second kappa shape index (κ2) is 6.15. The average Bonchev–Trinajstić information content (AvgIpc) is 2.38. The Balaban J connectivity index is 2.03. The minimum Gasteiger partial charge on any atom is -0.481 e. The summed E-state index contributed by atoms with van der Waals surface area (Å²) in [5.74, 6) is -0.932. The van der Waals surface area contributed by atoms with Gasteiger partial charge in [0.2, 0.25) is 10.0 Å². The standard InChI is InChI=1S/C15H21NO4S/c1-2-15(8-3-9-15)11-16-21(19,20)13-6-4-12(5-7-13)10-14(17)18/h4-7,16H,2-3,8-11H2,1H3,(H,17,18). The summed E-state index contributed by atoms with van der Waals surface area (Å²) in [5.41, 5.74) is 0.710. The molecule has 0 bridgehead atoms. The first-order valence-corrected chi connectivity index (χ1v) is 8.66. The molecule has 2 N–H and O–H groups in total. The number of nitrogens with one attached hydrogen (secondary N) is 1. The van der Waals surface area contributed by atoms with Crippen LogP contribution in [0.1, 0.15) is 38.2 Å². The van der Waals surface area contributed by atoms with E-state index in [1.807, 2.05) is 0 Å². The van der Waals surface area contributed by atoms with Crippen molar-refractivity contribution in [3.05, 3.63) is 29.8 Å². The van der Waals surface area contributed by atoms with Crippen LogP contribution in [-0.4, -0.2) is 26.0 Å².